The van der Waals surface area contributed by atoms with Crippen molar-refractivity contribution in [1.82, 2.24) is 0 Å². The third-order valence-electron chi connectivity index (χ3n) is 2.47. The molecule has 0 saturated carbocycles. The van der Waals surface area contributed by atoms with Crippen molar-refractivity contribution in [3.63, 3.8) is 0 Å². The predicted octanol–water partition coefficient (Wildman–Crippen LogP) is 2.96. The first-order valence-corrected chi connectivity index (χ1v) is 4.63. The Hall–Kier alpha value is -0.980. The molecule has 1 nitrogen and oxygen atoms in total. The Morgan fingerprint density at radius 1 is 1.33 bits per heavy atom. The van der Waals surface area contributed by atoms with E-state index in [4.69, 9.17) is 4.74 Å². The molecule has 1 aliphatic carbocycles. The molecule has 0 aromatic carbocycles. The lowest BCUT2D eigenvalue weighted by molar-refractivity contribution is 0.199. The fourth-order valence-electron chi connectivity index (χ4n) is 1.74. The molecule has 1 atom stereocenters. The summed E-state index contributed by atoms with van der Waals surface area (Å²) in [5.41, 5.74) is 2.82. The van der Waals surface area contributed by atoms with Crippen LogP contribution < -0.4 is 0 Å². The minimum atomic E-state index is 0.245. The summed E-state index contributed by atoms with van der Waals surface area (Å²) in [4.78, 5) is 0. The number of allylic oxidation sites excluding steroid dienone is 3. The van der Waals surface area contributed by atoms with Gasteiger partial charge in [-0.25, -0.2) is 0 Å². The maximum absolute atomic E-state index is 5.68. The number of ether oxygens (including phenoxy) is 1. The Bertz CT molecular complexity index is 281. The van der Waals surface area contributed by atoms with Crippen LogP contribution in [-0.4, -0.2) is 6.10 Å². The van der Waals surface area contributed by atoms with Gasteiger partial charge in [0.2, 0.25) is 0 Å². The van der Waals surface area contributed by atoms with Crippen LogP contribution in [0.25, 0.3) is 0 Å². The van der Waals surface area contributed by atoms with Crippen LogP contribution in [-0.2, 0) is 4.74 Å². The lowest BCUT2D eigenvalue weighted by Gasteiger charge is -2.05. The van der Waals surface area contributed by atoms with E-state index < -0.39 is 0 Å². The van der Waals surface area contributed by atoms with Crippen LogP contribution >= 0.6 is 0 Å². The summed E-state index contributed by atoms with van der Waals surface area (Å²) in [6.07, 6.45) is 8.89. The van der Waals surface area contributed by atoms with Crippen molar-refractivity contribution < 1.29 is 4.74 Å². The van der Waals surface area contributed by atoms with Gasteiger partial charge in [-0.05, 0) is 24.1 Å². The van der Waals surface area contributed by atoms with Crippen molar-refractivity contribution in [2.75, 3.05) is 0 Å². The van der Waals surface area contributed by atoms with Gasteiger partial charge in [-0.1, -0.05) is 19.9 Å². The van der Waals surface area contributed by atoms with Gasteiger partial charge in [-0.15, -0.1) is 0 Å². The van der Waals surface area contributed by atoms with Gasteiger partial charge >= 0.3 is 0 Å². The smallest absolute Gasteiger partial charge is 0.142 e. The Morgan fingerprint density at radius 3 is 2.83 bits per heavy atom. The van der Waals surface area contributed by atoms with Gasteiger partial charge in [-0.3, -0.25) is 0 Å². The molecule has 0 spiro atoms. The maximum atomic E-state index is 5.68. The van der Waals surface area contributed by atoms with E-state index in [-0.39, 0.29) is 6.10 Å². The molecular weight excluding hydrogens is 148 g/mol. The third-order valence-corrected chi connectivity index (χ3v) is 2.47. The Labute approximate surface area is 73.4 Å². The van der Waals surface area contributed by atoms with Crippen molar-refractivity contribution in [2.24, 2.45) is 0 Å². The summed E-state index contributed by atoms with van der Waals surface area (Å²) in [6, 6.07) is 0. The lowest BCUT2D eigenvalue weighted by Crippen LogP contribution is -2.01. The number of hydrogen-bond donors (Lipinski definition) is 0. The topological polar surface area (TPSA) is 9.23 Å². The van der Waals surface area contributed by atoms with Crippen molar-refractivity contribution in [3.05, 3.63) is 35.1 Å². The average Bonchev–Trinajstić information content (AvgIpc) is 2.61. The summed E-state index contributed by atoms with van der Waals surface area (Å²) in [6.45, 7) is 4.32. The van der Waals surface area contributed by atoms with Crippen LogP contribution in [0.5, 0.6) is 0 Å². The summed E-state index contributed by atoms with van der Waals surface area (Å²) >= 11 is 0. The van der Waals surface area contributed by atoms with E-state index in [0.29, 0.717) is 0 Å². The van der Waals surface area contributed by atoms with E-state index in [2.05, 4.69) is 32.1 Å². The molecule has 64 valence electrons. The fraction of sp³-hybridized carbons (Fsp3) is 0.455. The average molecular weight is 162 g/mol. The fourth-order valence-corrected chi connectivity index (χ4v) is 1.74. The van der Waals surface area contributed by atoms with Gasteiger partial charge in [0.15, 0.2) is 0 Å². The Kier molecular flexibility index (Phi) is 1.80. The first-order valence-electron chi connectivity index (χ1n) is 4.63. The molecule has 1 heterocycles. The van der Waals surface area contributed by atoms with E-state index in [0.717, 1.165) is 18.6 Å². The van der Waals surface area contributed by atoms with Crippen LogP contribution in [0.4, 0.5) is 0 Å². The van der Waals surface area contributed by atoms with Gasteiger partial charge < -0.3 is 4.74 Å². The second-order valence-corrected chi connectivity index (χ2v) is 3.20. The Morgan fingerprint density at radius 2 is 2.17 bits per heavy atom. The molecule has 0 fully saturated rings. The lowest BCUT2D eigenvalue weighted by atomic mass is 10.1. The minimum absolute atomic E-state index is 0.245. The van der Waals surface area contributed by atoms with Gasteiger partial charge in [0.05, 0.1) is 5.76 Å². The van der Waals surface area contributed by atoms with E-state index >= 15 is 0 Å². The van der Waals surface area contributed by atoms with E-state index in [1.54, 1.807) is 0 Å². The molecular formula is C11H14O. The predicted molar refractivity (Wildman–Crippen MR) is 49.7 cm³/mol. The normalized spacial score (nSPS) is 25.8. The van der Waals surface area contributed by atoms with Crippen LogP contribution in [0.2, 0.25) is 0 Å². The largest absolute Gasteiger partial charge is 0.486 e. The first kappa shape index (κ1) is 7.66. The number of hydrogen-bond acceptors (Lipinski definition) is 1. The van der Waals surface area contributed by atoms with E-state index in [1.165, 1.54) is 11.1 Å². The highest BCUT2D eigenvalue weighted by atomic mass is 16.5. The SMILES string of the molecule is CCC1=CC2=C(CC)C=CC2O1. The molecule has 2 rings (SSSR count). The first-order chi connectivity index (χ1) is 5.85. The zero-order chi connectivity index (χ0) is 8.55. The minimum Gasteiger partial charge on any atom is -0.486 e. The molecule has 0 N–H and O–H groups in total. The zero-order valence-electron chi connectivity index (χ0n) is 7.63. The zero-order valence-corrected chi connectivity index (χ0v) is 7.63. The summed E-state index contributed by atoms with van der Waals surface area (Å²) in [5, 5.41) is 0. The molecule has 0 saturated heterocycles. The van der Waals surface area contributed by atoms with Crippen LogP contribution in [0, 0.1) is 0 Å². The van der Waals surface area contributed by atoms with E-state index in [9.17, 15) is 0 Å². The van der Waals surface area contributed by atoms with Crippen LogP contribution in [0.15, 0.2) is 35.1 Å². The molecule has 12 heavy (non-hydrogen) atoms. The summed E-state index contributed by atoms with van der Waals surface area (Å²) < 4.78 is 5.68. The maximum Gasteiger partial charge on any atom is 0.142 e. The second-order valence-electron chi connectivity index (χ2n) is 3.20. The number of fused-ring (bicyclic) bond motifs is 1. The standard InChI is InChI=1S/C11H14O/c1-3-8-5-6-11-10(8)7-9(4-2)12-11/h5-7,11H,3-4H2,1-2H3. The molecule has 0 aromatic heterocycles. The van der Waals surface area contributed by atoms with Crippen LogP contribution in [0.3, 0.4) is 0 Å². The van der Waals surface area contributed by atoms with Crippen LogP contribution in [0.1, 0.15) is 26.7 Å². The molecule has 0 radical (unpaired) electrons. The molecule has 0 amide bonds. The highest BCUT2D eigenvalue weighted by Crippen LogP contribution is 2.33. The van der Waals surface area contributed by atoms with Gasteiger partial charge in [0.1, 0.15) is 6.10 Å². The van der Waals surface area contributed by atoms with Crippen molar-refractivity contribution in [2.45, 2.75) is 32.8 Å². The van der Waals surface area contributed by atoms with Crippen molar-refractivity contribution in [1.29, 1.82) is 0 Å². The molecule has 2 aliphatic rings. The number of rotatable bonds is 2. The Balaban J connectivity index is 2.29. The molecule has 1 aliphatic heterocycles. The molecule has 1 heteroatoms. The van der Waals surface area contributed by atoms with E-state index in [1.807, 2.05) is 0 Å². The van der Waals surface area contributed by atoms with Crippen molar-refractivity contribution >= 4 is 0 Å². The molecule has 0 bridgehead atoms. The van der Waals surface area contributed by atoms with Gasteiger partial charge in [0, 0.05) is 12.0 Å². The summed E-state index contributed by atoms with van der Waals surface area (Å²) in [7, 11) is 0. The summed E-state index contributed by atoms with van der Waals surface area (Å²) in [5.74, 6) is 1.13. The van der Waals surface area contributed by atoms with Crippen molar-refractivity contribution in [3.8, 4) is 0 Å². The quantitative estimate of drug-likeness (QED) is 0.606. The molecule has 0 aromatic rings. The third kappa shape index (κ3) is 1.01. The highest BCUT2D eigenvalue weighted by Gasteiger charge is 2.25. The van der Waals surface area contributed by atoms with Gasteiger partial charge in [0.25, 0.3) is 0 Å². The van der Waals surface area contributed by atoms with Gasteiger partial charge in [-0.2, -0.15) is 0 Å². The highest BCUT2D eigenvalue weighted by molar-refractivity contribution is 5.48. The monoisotopic (exact) mass is 162 g/mol. The molecule has 1 unspecified atom stereocenters. The second kappa shape index (κ2) is 2.81.